The van der Waals surface area contributed by atoms with Crippen molar-refractivity contribution in [2.45, 2.75) is 18.4 Å². The van der Waals surface area contributed by atoms with E-state index in [2.05, 4.69) is 9.71 Å². The van der Waals surface area contributed by atoms with Gasteiger partial charge in [0.15, 0.2) is 0 Å². The summed E-state index contributed by atoms with van der Waals surface area (Å²) < 4.78 is 28.9. The van der Waals surface area contributed by atoms with Crippen LogP contribution in [0.15, 0.2) is 59.8 Å². The Morgan fingerprint density at radius 1 is 1.19 bits per heavy atom. The van der Waals surface area contributed by atoms with E-state index in [9.17, 15) is 8.42 Å². The maximum Gasteiger partial charge on any atom is 0.240 e. The van der Waals surface area contributed by atoms with Gasteiger partial charge in [-0.05, 0) is 36.8 Å². The predicted octanol–water partition coefficient (Wildman–Crippen LogP) is 2.12. The van der Waals surface area contributed by atoms with E-state index in [-0.39, 0.29) is 11.4 Å². The molecule has 2 aromatic heterocycles. The molecule has 3 aromatic rings. The van der Waals surface area contributed by atoms with Crippen molar-refractivity contribution >= 4 is 15.7 Å². The van der Waals surface area contributed by atoms with E-state index in [1.165, 1.54) is 0 Å². The third kappa shape index (κ3) is 2.96. The molecule has 0 aliphatic carbocycles. The monoisotopic (exact) mass is 301 g/mol. The van der Waals surface area contributed by atoms with E-state index < -0.39 is 10.0 Å². The van der Waals surface area contributed by atoms with Crippen LogP contribution in [0.1, 0.15) is 11.3 Å². The summed E-state index contributed by atoms with van der Waals surface area (Å²) in [6.45, 7) is 2.03. The average molecular weight is 301 g/mol. The van der Waals surface area contributed by atoms with Crippen LogP contribution in [0.4, 0.5) is 0 Å². The Bertz CT molecular complexity index is 852. The van der Waals surface area contributed by atoms with E-state index in [4.69, 9.17) is 0 Å². The van der Waals surface area contributed by atoms with Crippen LogP contribution in [-0.4, -0.2) is 17.8 Å². The number of benzene rings is 1. The zero-order valence-electron chi connectivity index (χ0n) is 11.5. The number of fused-ring (bicyclic) bond motifs is 1. The SMILES string of the molecule is Cc1cccc(S(=O)(=O)NCc2cn3ccccc3n2)c1. The molecule has 0 fully saturated rings. The Kier molecular flexibility index (Phi) is 3.48. The lowest BCUT2D eigenvalue weighted by Gasteiger charge is -2.05. The molecule has 2 heterocycles. The van der Waals surface area contributed by atoms with Gasteiger partial charge in [0, 0.05) is 12.4 Å². The second-order valence-corrected chi connectivity index (χ2v) is 6.61. The summed E-state index contributed by atoms with van der Waals surface area (Å²) >= 11 is 0. The average Bonchev–Trinajstić information content (AvgIpc) is 2.88. The Hall–Kier alpha value is -2.18. The molecule has 0 spiro atoms. The highest BCUT2D eigenvalue weighted by atomic mass is 32.2. The summed E-state index contributed by atoms with van der Waals surface area (Å²) in [5.74, 6) is 0. The highest BCUT2D eigenvalue weighted by Crippen LogP contribution is 2.11. The molecule has 0 radical (unpaired) electrons. The van der Waals surface area contributed by atoms with E-state index in [0.29, 0.717) is 5.69 Å². The first-order valence-corrected chi connectivity index (χ1v) is 8.02. The quantitative estimate of drug-likeness (QED) is 0.803. The van der Waals surface area contributed by atoms with Gasteiger partial charge in [0.25, 0.3) is 0 Å². The minimum Gasteiger partial charge on any atom is -0.307 e. The second kappa shape index (κ2) is 5.31. The van der Waals surface area contributed by atoms with Crippen LogP contribution in [0.5, 0.6) is 0 Å². The summed E-state index contributed by atoms with van der Waals surface area (Å²) in [4.78, 5) is 4.63. The van der Waals surface area contributed by atoms with Gasteiger partial charge < -0.3 is 4.40 Å². The molecular weight excluding hydrogens is 286 g/mol. The number of imidazole rings is 1. The van der Waals surface area contributed by atoms with Crippen LogP contribution in [0, 0.1) is 6.92 Å². The molecule has 0 bridgehead atoms. The van der Waals surface area contributed by atoms with Crippen LogP contribution < -0.4 is 4.72 Å². The fraction of sp³-hybridized carbons (Fsp3) is 0.133. The van der Waals surface area contributed by atoms with E-state index >= 15 is 0 Å². The first-order chi connectivity index (χ1) is 10.0. The number of sulfonamides is 1. The molecule has 0 aliphatic rings. The van der Waals surface area contributed by atoms with Gasteiger partial charge in [-0.25, -0.2) is 18.1 Å². The lowest BCUT2D eigenvalue weighted by molar-refractivity contribution is 0.580. The lowest BCUT2D eigenvalue weighted by atomic mass is 10.2. The number of rotatable bonds is 4. The standard InChI is InChI=1S/C15H15N3O2S/c1-12-5-4-6-14(9-12)21(19,20)16-10-13-11-18-8-3-2-7-15(18)17-13/h2-9,11,16H,10H2,1H3. The van der Waals surface area contributed by atoms with Crippen molar-refractivity contribution in [3.8, 4) is 0 Å². The van der Waals surface area contributed by atoms with Gasteiger partial charge in [-0.3, -0.25) is 0 Å². The van der Waals surface area contributed by atoms with Crippen molar-refractivity contribution in [2.75, 3.05) is 0 Å². The van der Waals surface area contributed by atoms with Gasteiger partial charge in [0.2, 0.25) is 10.0 Å². The van der Waals surface area contributed by atoms with Crippen LogP contribution in [0.25, 0.3) is 5.65 Å². The van der Waals surface area contributed by atoms with Crippen LogP contribution in [0.3, 0.4) is 0 Å². The first kappa shape index (κ1) is 13.8. The van der Waals surface area contributed by atoms with Gasteiger partial charge in [-0.1, -0.05) is 18.2 Å². The molecule has 21 heavy (non-hydrogen) atoms. The molecule has 1 N–H and O–H groups in total. The van der Waals surface area contributed by atoms with E-state index in [1.807, 2.05) is 48.0 Å². The van der Waals surface area contributed by atoms with Gasteiger partial charge >= 0.3 is 0 Å². The van der Waals surface area contributed by atoms with Gasteiger partial charge in [-0.2, -0.15) is 0 Å². The Morgan fingerprint density at radius 3 is 2.81 bits per heavy atom. The number of hydrogen-bond acceptors (Lipinski definition) is 3. The van der Waals surface area contributed by atoms with Crippen LogP contribution in [0.2, 0.25) is 0 Å². The Morgan fingerprint density at radius 2 is 2.05 bits per heavy atom. The predicted molar refractivity (Wildman–Crippen MR) is 80.4 cm³/mol. The number of hydrogen-bond donors (Lipinski definition) is 1. The summed E-state index contributed by atoms with van der Waals surface area (Å²) in [6, 6.07) is 12.5. The van der Waals surface area contributed by atoms with Crippen molar-refractivity contribution in [2.24, 2.45) is 0 Å². The smallest absolute Gasteiger partial charge is 0.240 e. The van der Waals surface area contributed by atoms with E-state index in [0.717, 1.165) is 11.2 Å². The molecule has 6 heteroatoms. The molecule has 0 saturated carbocycles. The van der Waals surface area contributed by atoms with Gasteiger partial charge in [0.1, 0.15) is 5.65 Å². The molecule has 0 atom stereocenters. The molecule has 0 amide bonds. The maximum atomic E-state index is 12.2. The second-order valence-electron chi connectivity index (χ2n) is 4.84. The fourth-order valence-corrected chi connectivity index (χ4v) is 3.21. The molecule has 3 rings (SSSR count). The molecule has 0 saturated heterocycles. The molecule has 1 aromatic carbocycles. The summed E-state index contributed by atoms with van der Waals surface area (Å²) in [7, 11) is -3.52. The third-order valence-electron chi connectivity index (χ3n) is 3.16. The number of nitrogens with one attached hydrogen (secondary N) is 1. The van der Waals surface area contributed by atoms with Crippen molar-refractivity contribution < 1.29 is 8.42 Å². The lowest BCUT2D eigenvalue weighted by Crippen LogP contribution is -2.23. The highest BCUT2D eigenvalue weighted by Gasteiger charge is 2.14. The van der Waals surface area contributed by atoms with Crippen molar-refractivity contribution in [1.82, 2.24) is 14.1 Å². The normalized spacial score (nSPS) is 11.9. The van der Waals surface area contributed by atoms with Crippen LogP contribution >= 0.6 is 0 Å². The van der Waals surface area contributed by atoms with Gasteiger partial charge in [-0.15, -0.1) is 0 Å². The van der Waals surface area contributed by atoms with Crippen LogP contribution in [-0.2, 0) is 16.6 Å². The minimum absolute atomic E-state index is 0.165. The molecule has 0 aliphatic heterocycles. The number of pyridine rings is 1. The first-order valence-electron chi connectivity index (χ1n) is 6.53. The summed E-state index contributed by atoms with van der Waals surface area (Å²) in [5.41, 5.74) is 2.38. The molecule has 0 unspecified atom stereocenters. The number of nitrogens with zero attached hydrogens (tertiary/aromatic N) is 2. The number of aromatic nitrogens is 2. The van der Waals surface area contributed by atoms with Crippen molar-refractivity contribution in [3.63, 3.8) is 0 Å². The summed E-state index contributed by atoms with van der Waals surface area (Å²) in [5, 5.41) is 0. The highest BCUT2D eigenvalue weighted by molar-refractivity contribution is 7.89. The molecule has 108 valence electrons. The number of aryl methyl sites for hydroxylation is 1. The zero-order chi connectivity index (χ0) is 14.9. The molecular formula is C15H15N3O2S. The minimum atomic E-state index is -3.52. The van der Waals surface area contributed by atoms with Crippen molar-refractivity contribution in [3.05, 3.63) is 66.1 Å². The van der Waals surface area contributed by atoms with Crippen molar-refractivity contribution in [1.29, 1.82) is 0 Å². The topological polar surface area (TPSA) is 63.5 Å². The molecule has 5 nitrogen and oxygen atoms in total. The largest absolute Gasteiger partial charge is 0.307 e. The Balaban J connectivity index is 1.80. The summed E-state index contributed by atoms with van der Waals surface area (Å²) in [6.07, 6.45) is 3.69. The fourth-order valence-electron chi connectivity index (χ4n) is 2.11. The maximum absolute atomic E-state index is 12.2. The van der Waals surface area contributed by atoms with E-state index in [1.54, 1.807) is 18.2 Å². The zero-order valence-corrected chi connectivity index (χ0v) is 12.3. The Labute approximate surface area is 123 Å². The third-order valence-corrected chi connectivity index (χ3v) is 4.56. The van der Waals surface area contributed by atoms with Gasteiger partial charge in [0.05, 0.1) is 17.1 Å².